The van der Waals surface area contributed by atoms with Crippen LogP contribution in [0.15, 0.2) is 30.5 Å². The van der Waals surface area contributed by atoms with Gasteiger partial charge < -0.3 is 0 Å². The summed E-state index contributed by atoms with van der Waals surface area (Å²) in [6.07, 6.45) is 5.68. The van der Waals surface area contributed by atoms with Crippen LogP contribution in [0.2, 0.25) is 0 Å². The lowest BCUT2D eigenvalue weighted by molar-refractivity contribution is 0.166. The summed E-state index contributed by atoms with van der Waals surface area (Å²) < 4.78 is 0. The van der Waals surface area contributed by atoms with Crippen LogP contribution in [0.25, 0.3) is 0 Å². The van der Waals surface area contributed by atoms with Crippen molar-refractivity contribution in [2.75, 3.05) is 0 Å². The summed E-state index contributed by atoms with van der Waals surface area (Å²) in [7, 11) is 0. The zero-order valence-electron chi connectivity index (χ0n) is 14.3. The van der Waals surface area contributed by atoms with Crippen LogP contribution in [0.4, 0.5) is 0 Å². The second-order valence-electron chi connectivity index (χ2n) is 7.34. The Morgan fingerprint density at radius 3 is 2.70 bits per heavy atom. The Hall–Kier alpha value is -1.74. The van der Waals surface area contributed by atoms with E-state index >= 15 is 0 Å². The van der Waals surface area contributed by atoms with Crippen LogP contribution in [0.3, 0.4) is 0 Å². The number of fused-ring (bicyclic) bond motifs is 4. The highest BCUT2D eigenvalue weighted by molar-refractivity contribution is 5.30. The molecule has 0 radical (unpaired) electrons. The normalized spacial score (nSPS) is 23.3. The maximum atomic E-state index is 4.69. The van der Waals surface area contributed by atoms with Crippen molar-refractivity contribution in [1.29, 1.82) is 0 Å². The molecule has 0 saturated carbocycles. The molecule has 3 heterocycles. The average Bonchev–Trinajstić information content (AvgIpc) is 2.81. The van der Waals surface area contributed by atoms with Crippen molar-refractivity contribution in [2.45, 2.75) is 64.6 Å². The van der Waals surface area contributed by atoms with Gasteiger partial charge in [0.05, 0.1) is 5.69 Å². The summed E-state index contributed by atoms with van der Waals surface area (Å²) in [5.41, 5.74) is 5.49. The first-order valence-electron chi connectivity index (χ1n) is 8.79. The third-order valence-corrected chi connectivity index (χ3v) is 5.46. The third-order valence-electron chi connectivity index (χ3n) is 5.46. The molecule has 0 aliphatic carbocycles. The lowest BCUT2D eigenvalue weighted by Gasteiger charge is -2.35. The van der Waals surface area contributed by atoms with E-state index in [2.05, 4.69) is 59.2 Å². The summed E-state index contributed by atoms with van der Waals surface area (Å²) in [4.78, 5) is 11.8. The zero-order chi connectivity index (χ0) is 16.0. The number of hydrogen-bond donors (Lipinski definition) is 0. The summed E-state index contributed by atoms with van der Waals surface area (Å²) in [6.45, 7) is 7.53. The van der Waals surface area contributed by atoms with Crippen molar-refractivity contribution < 1.29 is 0 Å². The van der Waals surface area contributed by atoms with Gasteiger partial charge in [0.25, 0.3) is 0 Å². The van der Waals surface area contributed by atoms with Crippen molar-refractivity contribution in [3.8, 4) is 0 Å². The minimum absolute atomic E-state index is 0.508. The van der Waals surface area contributed by atoms with Gasteiger partial charge in [0.15, 0.2) is 0 Å². The predicted molar refractivity (Wildman–Crippen MR) is 92.3 cm³/mol. The maximum absolute atomic E-state index is 4.69. The molecular weight excluding hydrogens is 282 g/mol. The number of aryl methyl sites for hydroxylation is 1. The van der Waals surface area contributed by atoms with Crippen LogP contribution in [0.1, 0.15) is 66.9 Å². The largest absolute Gasteiger partial charge is 0.289 e. The van der Waals surface area contributed by atoms with E-state index < -0.39 is 0 Å². The quantitative estimate of drug-likeness (QED) is 0.852. The molecule has 0 unspecified atom stereocenters. The smallest absolute Gasteiger partial charge is 0.125 e. The molecule has 3 nitrogen and oxygen atoms in total. The Labute approximate surface area is 138 Å². The van der Waals surface area contributed by atoms with Gasteiger partial charge in [0.1, 0.15) is 5.82 Å². The number of nitrogens with zero attached hydrogens (tertiary/aromatic N) is 3. The minimum Gasteiger partial charge on any atom is -0.289 e. The second kappa shape index (κ2) is 5.72. The van der Waals surface area contributed by atoms with E-state index in [0.717, 1.165) is 18.8 Å². The van der Waals surface area contributed by atoms with E-state index in [9.17, 15) is 0 Å². The number of hydrogen-bond acceptors (Lipinski definition) is 3. The molecule has 1 aromatic heterocycles. The molecule has 1 saturated heterocycles. The van der Waals surface area contributed by atoms with Crippen LogP contribution in [0.5, 0.6) is 0 Å². The van der Waals surface area contributed by atoms with Crippen molar-refractivity contribution in [2.24, 2.45) is 0 Å². The van der Waals surface area contributed by atoms with Gasteiger partial charge in [-0.25, -0.2) is 9.97 Å². The lowest BCUT2D eigenvalue weighted by Crippen LogP contribution is -2.37. The van der Waals surface area contributed by atoms with E-state index in [1.54, 1.807) is 0 Å². The van der Waals surface area contributed by atoms with Crippen LogP contribution in [-0.4, -0.2) is 20.9 Å². The Morgan fingerprint density at radius 1 is 1.17 bits per heavy atom. The van der Waals surface area contributed by atoms with Crippen LogP contribution in [-0.2, 0) is 13.0 Å². The molecule has 2 aliphatic heterocycles. The van der Waals surface area contributed by atoms with Gasteiger partial charge in [0, 0.05) is 36.8 Å². The van der Waals surface area contributed by atoms with E-state index in [1.165, 1.54) is 35.2 Å². The van der Waals surface area contributed by atoms with E-state index in [1.807, 2.05) is 6.92 Å². The molecule has 23 heavy (non-hydrogen) atoms. The number of benzene rings is 1. The van der Waals surface area contributed by atoms with Gasteiger partial charge in [0.2, 0.25) is 0 Å². The fourth-order valence-corrected chi connectivity index (χ4v) is 4.14. The first kappa shape index (κ1) is 14.8. The van der Waals surface area contributed by atoms with Crippen molar-refractivity contribution >= 4 is 0 Å². The van der Waals surface area contributed by atoms with Crippen LogP contribution >= 0.6 is 0 Å². The highest BCUT2D eigenvalue weighted by Gasteiger charge is 2.40. The topological polar surface area (TPSA) is 29.0 Å². The molecular formula is C20H25N3. The van der Waals surface area contributed by atoms with Gasteiger partial charge in [-0.3, -0.25) is 4.90 Å². The van der Waals surface area contributed by atoms with Gasteiger partial charge in [-0.2, -0.15) is 0 Å². The molecule has 4 rings (SSSR count). The van der Waals surface area contributed by atoms with Gasteiger partial charge >= 0.3 is 0 Å². The molecule has 2 aliphatic rings. The first-order chi connectivity index (χ1) is 11.1. The highest BCUT2D eigenvalue weighted by atomic mass is 15.2. The van der Waals surface area contributed by atoms with Crippen LogP contribution in [0, 0.1) is 6.92 Å². The Morgan fingerprint density at radius 2 is 1.96 bits per heavy atom. The van der Waals surface area contributed by atoms with Crippen molar-refractivity contribution in [3.05, 3.63) is 58.7 Å². The summed E-state index contributed by atoms with van der Waals surface area (Å²) >= 11 is 0. The molecule has 0 amide bonds. The monoisotopic (exact) mass is 307 g/mol. The van der Waals surface area contributed by atoms with Crippen molar-refractivity contribution in [3.63, 3.8) is 0 Å². The summed E-state index contributed by atoms with van der Waals surface area (Å²) in [6, 6.07) is 10.3. The lowest BCUT2D eigenvalue weighted by atomic mass is 9.97. The standard InChI is InChI=1S/C20H25N3/c1-13(2)16-6-4-15(5-7-16)12-23-17-8-9-20(23)18-11-21-14(3)22-19(18)10-17/h4-7,11,13,17,20H,8-10,12H2,1-3H3/t17-,20+/m0/s1. The summed E-state index contributed by atoms with van der Waals surface area (Å²) in [5, 5.41) is 0. The molecule has 3 heteroatoms. The fraction of sp³-hybridized carbons (Fsp3) is 0.500. The molecule has 2 bridgehead atoms. The third kappa shape index (κ3) is 2.67. The second-order valence-corrected chi connectivity index (χ2v) is 7.34. The first-order valence-corrected chi connectivity index (χ1v) is 8.79. The predicted octanol–water partition coefficient (Wildman–Crippen LogP) is 4.17. The molecule has 2 atom stereocenters. The van der Waals surface area contributed by atoms with Crippen molar-refractivity contribution in [1.82, 2.24) is 14.9 Å². The van der Waals surface area contributed by atoms with E-state index in [-0.39, 0.29) is 0 Å². The maximum Gasteiger partial charge on any atom is 0.125 e. The Balaban J connectivity index is 1.57. The number of rotatable bonds is 3. The molecule has 0 spiro atoms. The molecule has 120 valence electrons. The summed E-state index contributed by atoms with van der Waals surface area (Å²) in [5.74, 6) is 1.50. The average molecular weight is 307 g/mol. The Kier molecular flexibility index (Phi) is 3.68. The number of aromatic nitrogens is 2. The van der Waals surface area contributed by atoms with Crippen LogP contribution < -0.4 is 0 Å². The van der Waals surface area contributed by atoms with E-state index in [0.29, 0.717) is 18.0 Å². The minimum atomic E-state index is 0.508. The highest BCUT2D eigenvalue weighted by Crippen LogP contribution is 2.43. The van der Waals surface area contributed by atoms with Gasteiger partial charge in [-0.15, -0.1) is 0 Å². The molecule has 0 N–H and O–H groups in total. The SMILES string of the molecule is Cc1ncc2c(n1)C[C@@H]1CC[C@H]2N1Cc1ccc(C(C)C)cc1. The molecule has 1 aromatic carbocycles. The zero-order valence-corrected chi connectivity index (χ0v) is 14.3. The van der Waals surface area contributed by atoms with Gasteiger partial charge in [-0.05, 0) is 36.8 Å². The molecule has 1 fully saturated rings. The Bertz CT molecular complexity index is 705. The van der Waals surface area contributed by atoms with E-state index in [4.69, 9.17) is 0 Å². The molecule has 2 aromatic rings. The fourth-order valence-electron chi connectivity index (χ4n) is 4.14. The van der Waals surface area contributed by atoms with Gasteiger partial charge in [-0.1, -0.05) is 38.1 Å².